The van der Waals surface area contributed by atoms with E-state index in [2.05, 4.69) is 28.1 Å². The van der Waals surface area contributed by atoms with Gasteiger partial charge in [0.15, 0.2) is 0 Å². The van der Waals surface area contributed by atoms with Crippen LogP contribution in [0.2, 0.25) is 0 Å². The molecule has 0 saturated heterocycles. The van der Waals surface area contributed by atoms with Gasteiger partial charge in [-0.2, -0.15) is 0 Å². The Morgan fingerprint density at radius 1 is 0.842 bits per heavy atom. The molecule has 0 bridgehead atoms. The molecule has 1 N–H and O–H groups in total. The zero-order chi connectivity index (χ0) is 13.2. The van der Waals surface area contributed by atoms with Crippen LogP contribution in [0.25, 0.3) is 10.8 Å². The Labute approximate surface area is 120 Å². The van der Waals surface area contributed by atoms with E-state index in [0.717, 1.165) is 26.4 Å². The summed E-state index contributed by atoms with van der Waals surface area (Å²) < 4.78 is 0.976. The van der Waals surface area contributed by atoms with E-state index in [0.29, 0.717) is 0 Å². The Hall–Kier alpha value is -1.64. The van der Waals surface area contributed by atoms with Crippen LogP contribution in [0.4, 0.5) is 0 Å². The fraction of sp³-hybridized carbons (Fsp3) is 0.0588. The van der Waals surface area contributed by atoms with Gasteiger partial charge in [-0.05, 0) is 34.0 Å². The van der Waals surface area contributed by atoms with Gasteiger partial charge in [0, 0.05) is 4.47 Å². The first-order valence-corrected chi connectivity index (χ1v) is 6.96. The van der Waals surface area contributed by atoms with E-state index in [9.17, 15) is 5.11 Å². The second kappa shape index (κ2) is 5.16. The van der Waals surface area contributed by atoms with Crippen molar-refractivity contribution in [3.8, 4) is 0 Å². The molecule has 19 heavy (non-hydrogen) atoms. The fourth-order valence-corrected chi connectivity index (χ4v) is 2.76. The monoisotopic (exact) mass is 312 g/mol. The molecule has 0 aliphatic carbocycles. The van der Waals surface area contributed by atoms with E-state index >= 15 is 0 Å². The van der Waals surface area contributed by atoms with E-state index < -0.39 is 6.10 Å². The number of fused-ring (bicyclic) bond motifs is 1. The highest BCUT2D eigenvalue weighted by Crippen LogP contribution is 2.29. The van der Waals surface area contributed by atoms with Crippen LogP contribution in [0.15, 0.2) is 71.2 Å². The second-order valence-electron chi connectivity index (χ2n) is 4.53. The topological polar surface area (TPSA) is 20.2 Å². The molecule has 0 aliphatic rings. The average molecular weight is 313 g/mol. The third-order valence-electron chi connectivity index (χ3n) is 3.28. The molecule has 3 aromatic carbocycles. The molecule has 0 aromatic heterocycles. The summed E-state index contributed by atoms with van der Waals surface area (Å²) in [5.74, 6) is 0. The van der Waals surface area contributed by atoms with Crippen molar-refractivity contribution in [2.45, 2.75) is 6.10 Å². The molecule has 0 saturated carbocycles. The molecular formula is C17H13BrO. The number of benzene rings is 3. The molecule has 1 atom stereocenters. The summed E-state index contributed by atoms with van der Waals surface area (Å²) in [5, 5.41) is 12.8. The van der Waals surface area contributed by atoms with Gasteiger partial charge in [0.1, 0.15) is 6.10 Å². The molecule has 2 heteroatoms. The van der Waals surface area contributed by atoms with Crippen molar-refractivity contribution in [2.75, 3.05) is 0 Å². The molecule has 0 spiro atoms. The minimum atomic E-state index is -0.608. The van der Waals surface area contributed by atoms with Gasteiger partial charge in [0.25, 0.3) is 0 Å². The smallest absolute Gasteiger partial charge is 0.105 e. The van der Waals surface area contributed by atoms with Crippen LogP contribution in [0.3, 0.4) is 0 Å². The normalized spacial score (nSPS) is 12.5. The number of hydrogen-bond acceptors (Lipinski definition) is 1. The van der Waals surface area contributed by atoms with Gasteiger partial charge >= 0.3 is 0 Å². The summed E-state index contributed by atoms with van der Waals surface area (Å²) in [5.41, 5.74) is 1.84. The molecule has 1 nitrogen and oxygen atoms in total. The summed E-state index contributed by atoms with van der Waals surface area (Å²) in [7, 11) is 0. The molecule has 0 amide bonds. The molecule has 94 valence electrons. The van der Waals surface area contributed by atoms with Crippen molar-refractivity contribution in [1.29, 1.82) is 0 Å². The van der Waals surface area contributed by atoms with Crippen LogP contribution in [-0.2, 0) is 0 Å². The Kier molecular flexibility index (Phi) is 3.36. The van der Waals surface area contributed by atoms with Gasteiger partial charge in [-0.1, -0.05) is 70.5 Å². The van der Waals surface area contributed by atoms with Gasteiger partial charge < -0.3 is 5.11 Å². The number of halogens is 1. The highest BCUT2D eigenvalue weighted by atomic mass is 79.9. The molecule has 0 radical (unpaired) electrons. The first-order chi connectivity index (χ1) is 9.25. The molecule has 3 aromatic rings. The highest BCUT2D eigenvalue weighted by molar-refractivity contribution is 9.10. The minimum absolute atomic E-state index is 0.608. The molecule has 3 rings (SSSR count). The largest absolute Gasteiger partial charge is 0.384 e. The van der Waals surface area contributed by atoms with Gasteiger partial charge in [-0.25, -0.2) is 0 Å². The van der Waals surface area contributed by atoms with Crippen molar-refractivity contribution in [1.82, 2.24) is 0 Å². The Balaban J connectivity index is 2.14. The summed E-state index contributed by atoms with van der Waals surface area (Å²) in [6, 6.07) is 21.9. The van der Waals surface area contributed by atoms with Gasteiger partial charge in [-0.15, -0.1) is 0 Å². The van der Waals surface area contributed by atoms with E-state index in [1.54, 1.807) is 0 Å². The number of rotatable bonds is 2. The predicted octanol–water partition coefficient (Wildman–Crippen LogP) is 4.68. The predicted molar refractivity (Wildman–Crippen MR) is 82.2 cm³/mol. The lowest BCUT2D eigenvalue weighted by Gasteiger charge is -2.14. The maximum absolute atomic E-state index is 10.6. The lowest BCUT2D eigenvalue weighted by molar-refractivity contribution is 0.222. The fourth-order valence-electron chi connectivity index (χ4n) is 2.35. The Morgan fingerprint density at radius 2 is 1.58 bits per heavy atom. The average Bonchev–Trinajstić information content (AvgIpc) is 2.46. The van der Waals surface area contributed by atoms with Crippen LogP contribution < -0.4 is 0 Å². The quantitative estimate of drug-likeness (QED) is 0.728. The summed E-state index contributed by atoms with van der Waals surface area (Å²) in [6.45, 7) is 0. The van der Waals surface area contributed by atoms with Crippen molar-refractivity contribution in [3.63, 3.8) is 0 Å². The highest BCUT2D eigenvalue weighted by Gasteiger charge is 2.13. The third-order valence-corrected chi connectivity index (χ3v) is 3.78. The minimum Gasteiger partial charge on any atom is -0.384 e. The van der Waals surface area contributed by atoms with E-state index in [1.807, 2.05) is 54.6 Å². The van der Waals surface area contributed by atoms with Crippen molar-refractivity contribution < 1.29 is 5.11 Å². The maximum atomic E-state index is 10.6. The second-order valence-corrected chi connectivity index (χ2v) is 5.44. The van der Waals surface area contributed by atoms with E-state index in [4.69, 9.17) is 0 Å². The van der Waals surface area contributed by atoms with E-state index in [-0.39, 0.29) is 0 Å². The third kappa shape index (κ3) is 2.42. The molecule has 0 aliphatic heterocycles. The van der Waals surface area contributed by atoms with Gasteiger partial charge in [0.05, 0.1) is 0 Å². The van der Waals surface area contributed by atoms with Crippen molar-refractivity contribution >= 4 is 26.7 Å². The van der Waals surface area contributed by atoms with Crippen molar-refractivity contribution in [2.24, 2.45) is 0 Å². The number of aliphatic hydroxyl groups is 1. The first-order valence-electron chi connectivity index (χ1n) is 6.17. The van der Waals surface area contributed by atoms with E-state index in [1.165, 1.54) is 0 Å². The zero-order valence-corrected chi connectivity index (χ0v) is 11.8. The first kappa shape index (κ1) is 12.4. The van der Waals surface area contributed by atoms with Crippen LogP contribution in [0.5, 0.6) is 0 Å². The maximum Gasteiger partial charge on any atom is 0.105 e. The summed E-state index contributed by atoms with van der Waals surface area (Å²) in [4.78, 5) is 0. The lowest BCUT2D eigenvalue weighted by Crippen LogP contribution is -2.00. The lowest BCUT2D eigenvalue weighted by atomic mass is 9.96. The van der Waals surface area contributed by atoms with Crippen LogP contribution in [0.1, 0.15) is 17.2 Å². The Morgan fingerprint density at radius 3 is 2.42 bits per heavy atom. The van der Waals surface area contributed by atoms with Gasteiger partial charge in [-0.3, -0.25) is 0 Å². The SMILES string of the molecule is O[C@@H](c1cccc(Br)c1)c1cccc2ccccc12. The standard InChI is InChI=1S/C17H13BrO/c18-14-8-3-7-13(11-14)17(19)16-10-4-6-12-5-1-2-9-15(12)16/h1-11,17,19H/t17-/m0/s1. The summed E-state index contributed by atoms with van der Waals surface area (Å²) in [6.07, 6.45) is -0.608. The number of hydrogen-bond donors (Lipinski definition) is 1. The molecule has 0 fully saturated rings. The molecular weight excluding hydrogens is 300 g/mol. The van der Waals surface area contributed by atoms with Crippen LogP contribution in [0, 0.1) is 0 Å². The molecule has 0 heterocycles. The zero-order valence-electron chi connectivity index (χ0n) is 10.3. The van der Waals surface area contributed by atoms with Gasteiger partial charge in [0.2, 0.25) is 0 Å². The number of aliphatic hydroxyl groups excluding tert-OH is 1. The van der Waals surface area contributed by atoms with Crippen molar-refractivity contribution in [3.05, 3.63) is 82.3 Å². The van der Waals surface area contributed by atoms with Crippen LogP contribution >= 0.6 is 15.9 Å². The summed E-state index contributed by atoms with van der Waals surface area (Å²) >= 11 is 3.44. The van der Waals surface area contributed by atoms with Crippen LogP contribution in [-0.4, -0.2) is 5.11 Å². The Bertz CT molecular complexity index is 716. The molecule has 0 unspecified atom stereocenters.